The van der Waals surface area contributed by atoms with Crippen molar-refractivity contribution in [3.8, 4) is 6.07 Å². The third kappa shape index (κ3) is 3.11. The van der Waals surface area contributed by atoms with E-state index in [4.69, 9.17) is 10.2 Å². The number of aromatic amines is 1. The standard InChI is InChI=1S/C19H24N4/c20-11-15-6-7-17-18(10-15)22-19(21-17)16-8-9-23(13-16)12-14-4-2-1-3-5-14/h6-7,10,14,16H,1-5,8-9,12-13H2,(H,21,22)/t16-/m0/s1. The Morgan fingerprint density at radius 3 is 2.91 bits per heavy atom. The van der Waals surface area contributed by atoms with Gasteiger partial charge in [0.1, 0.15) is 5.82 Å². The molecular weight excluding hydrogens is 284 g/mol. The molecule has 0 radical (unpaired) electrons. The highest BCUT2D eigenvalue weighted by atomic mass is 15.2. The van der Waals surface area contributed by atoms with Gasteiger partial charge in [-0.15, -0.1) is 0 Å². The van der Waals surface area contributed by atoms with Crippen LogP contribution in [0.4, 0.5) is 0 Å². The Bertz CT molecular complexity index is 721. The van der Waals surface area contributed by atoms with Gasteiger partial charge < -0.3 is 9.88 Å². The molecule has 1 atom stereocenters. The van der Waals surface area contributed by atoms with Gasteiger partial charge in [0.25, 0.3) is 0 Å². The Morgan fingerprint density at radius 1 is 1.22 bits per heavy atom. The minimum atomic E-state index is 0.511. The van der Waals surface area contributed by atoms with Crippen LogP contribution < -0.4 is 0 Å². The van der Waals surface area contributed by atoms with Crippen molar-refractivity contribution < 1.29 is 0 Å². The fourth-order valence-corrected chi connectivity index (χ4v) is 4.25. The summed E-state index contributed by atoms with van der Waals surface area (Å²) >= 11 is 0. The number of aromatic nitrogens is 2. The van der Waals surface area contributed by atoms with Gasteiger partial charge in [-0.3, -0.25) is 0 Å². The molecule has 1 aliphatic heterocycles. The zero-order valence-electron chi connectivity index (χ0n) is 13.6. The number of nitriles is 1. The Morgan fingerprint density at radius 2 is 2.09 bits per heavy atom. The summed E-state index contributed by atoms with van der Waals surface area (Å²) in [5.41, 5.74) is 2.66. The number of nitrogens with one attached hydrogen (secondary N) is 1. The molecule has 1 aromatic heterocycles. The van der Waals surface area contributed by atoms with Crippen molar-refractivity contribution in [3.63, 3.8) is 0 Å². The molecule has 2 heterocycles. The zero-order valence-corrected chi connectivity index (χ0v) is 13.6. The molecule has 4 rings (SSSR count). The molecule has 1 saturated carbocycles. The van der Waals surface area contributed by atoms with E-state index in [1.54, 1.807) is 0 Å². The Hall–Kier alpha value is -1.86. The molecule has 4 heteroatoms. The van der Waals surface area contributed by atoms with Crippen LogP contribution in [0.1, 0.15) is 55.8 Å². The lowest BCUT2D eigenvalue weighted by atomic mass is 9.89. The minimum Gasteiger partial charge on any atom is -0.342 e. The highest BCUT2D eigenvalue weighted by Crippen LogP contribution is 2.30. The molecule has 1 aromatic carbocycles. The molecule has 120 valence electrons. The van der Waals surface area contributed by atoms with E-state index in [0.717, 1.165) is 29.3 Å². The average molecular weight is 308 g/mol. The van der Waals surface area contributed by atoms with Gasteiger partial charge in [0.05, 0.1) is 22.7 Å². The van der Waals surface area contributed by atoms with Crippen LogP contribution in [0, 0.1) is 17.2 Å². The smallest absolute Gasteiger partial charge is 0.111 e. The van der Waals surface area contributed by atoms with Crippen LogP contribution in [0.15, 0.2) is 18.2 Å². The fraction of sp³-hybridized carbons (Fsp3) is 0.579. The first-order valence-corrected chi connectivity index (χ1v) is 8.94. The molecular formula is C19H24N4. The van der Waals surface area contributed by atoms with Crippen LogP contribution in [0.5, 0.6) is 0 Å². The number of likely N-dealkylation sites (tertiary alicyclic amines) is 1. The Kier molecular flexibility index (Phi) is 4.05. The molecule has 2 fully saturated rings. The number of hydrogen-bond acceptors (Lipinski definition) is 3. The van der Waals surface area contributed by atoms with Gasteiger partial charge in [0.15, 0.2) is 0 Å². The molecule has 0 spiro atoms. The van der Waals surface area contributed by atoms with Gasteiger partial charge in [-0.05, 0) is 49.9 Å². The first kappa shape index (κ1) is 14.7. The highest BCUT2D eigenvalue weighted by molar-refractivity contribution is 5.76. The SMILES string of the molecule is N#Cc1ccc2nc([C@H]3CCN(CC4CCCCC4)C3)[nH]c2c1. The van der Waals surface area contributed by atoms with Crippen molar-refractivity contribution in [2.24, 2.45) is 5.92 Å². The second-order valence-corrected chi connectivity index (χ2v) is 7.21. The summed E-state index contributed by atoms with van der Waals surface area (Å²) < 4.78 is 0. The average Bonchev–Trinajstić information content (AvgIpc) is 3.21. The monoisotopic (exact) mass is 308 g/mol. The second-order valence-electron chi connectivity index (χ2n) is 7.21. The quantitative estimate of drug-likeness (QED) is 0.938. The van der Waals surface area contributed by atoms with Crippen LogP contribution in [-0.2, 0) is 0 Å². The van der Waals surface area contributed by atoms with Crippen LogP contribution in [0.2, 0.25) is 0 Å². The van der Waals surface area contributed by atoms with E-state index in [-0.39, 0.29) is 0 Å². The van der Waals surface area contributed by atoms with Crippen molar-refractivity contribution in [2.75, 3.05) is 19.6 Å². The van der Waals surface area contributed by atoms with Crippen LogP contribution in [0.3, 0.4) is 0 Å². The summed E-state index contributed by atoms with van der Waals surface area (Å²) in [6.45, 7) is 3.60. The third-order valence-electron chi connectivity index (χ3n) is 5.53. The van der Waals surface area contributed by atoms with Crippen molar-refractivity contribution in [3.05, 3.63) is 29.6 Å². The summed E-state index contributed by atoms with van der Waals surface area (Å²) in [7, 11) is 0. The molecule has 0 unspecified atom stereocenters. The summed E-state index contributed by atoms with van der Waals surface area (Å²) in [5, 5.41) is 9.01. The largest absolute Gasteiger partial charge is 0.342 e. The van der Waals surface area contributed by atoms with E-state index >= 15 is 0 Å². The topological polar surface area (TPSA) is 55.7 Å². The minimum absolute atomic E-state index is 0.511. The first-order chi connectivity index (χ1) is 11.3. The predicted octanol–water partition coefficient (Wildman–Crippen LogP) is 3.80. The lowest BCUT2D eigenvalue weighted by Crippen LogP contribution is -2.28. The summed E-state index contributed by atoms with van der Waals surface area (Å²) in [6, 6.07) is 7.89. The number of nitrogens with zero attached hydrogens (tertiary/aromatic N) is 3. The van der Waals surface area contributed by atoms with Gasteiger partial charge in [-0.2, -0.15) is 5.26 Å². The molecule has 23 heavy (non-hydrogen) atoms. The van der Waals surface area contributed by atoms with Gasteiger partial charge in [0, 0.05) is 19.0 Å². The molecule has 2 aromatic rings. The van der Waals surface area contributed by atoms with E-state index in [1.165, 1.54) is 51.6 Å². The maximum absolute atomic E-state index is 9.01. The van der Waals surface area contributed by atoms with E-state index in [9.17, 15) is 0 Å². The lowest BCUT2D eigenvalue weighted by Gasteiger charge is -2.26. The molecule has 2 aliphatic rings. The molecule has 0 amide bonds. The van der Waals surface area contributed by atoms with E-state index in [2.05, 4.69) is 16.0 Å². The first-order valence-electron chi connectivity index (χ1n) is 8.94. The van der Waals surface area contributed by atoms with Crippen molar-refractivity contribution in [1.82, 2.24) is 14.9 Å². The highest BCUT2D eigenvalue weighted by Gasteiger charge is 2.28. The van der Waals surface area contributed by atoms with Crippen molar-refractivity contribution >= 4 is 11.0 Å². The number of rotatable bonds is 3. The Labute approximate surface area is 137 Å². The fourth-order valence-electron chi connectivity index (χ4n) is 4.25. The van der Waals surface area contributed by atoms with Gasteiger partial charge in [-0.25, -0.2) is 4.98 Å². The second kappa shape index (κ2) is 6.33. The van der Waals surface area contributed by atoms with Gasteiger partial charge in [0.2, 0.25) is 0 Å². The van der Waals surface area contributed by atoms with Crippen molar-refractivity contribution in [2.45, 2.75) is 44.4 Å². The zero-order chi connectivity index (χ0) is 15.6. The Balaban J connectivity index is 1.43. The number of benzene rings is 1. The van der Waals surface area contributed by atoms with Crippen molar-refractivity contribution in [1.29, 1.82) is 5.26 Å². The number of imidazole rings is 1. The summed E-state index contributed by atoms with van der Waals surface area (Å²) in [6.07, 6.45) is 8.31. The number of fused-ring (bicyclic) bond motifs is 1. The number of H-pyrrole nitrogens is 1. The van der Waals surface area contributed by atoms with Crippen LogP contribution in [0.25, 0.3) is 11.0 Å². The van der Waals surface area contributed by atoms with Gasteiger partial charge >= 0.3 is 0 Å². The summed E-state index contributed by atoms with van der Waals surface area (Å²) in [4.78, 5) is 10.8. The van der Waals surface area contributed by atoms with Gasteiger partial charge in [-0.1, -0.05) is 19.3 Å². The molecule has 1 N–H and O–H groups in total. The number of hydrogen-bond donors (Lipinski definition) is 1. The molecule has 4 nitrogen and oxygen atoms in total. The normalized spacial score (nSPS) is 23.3. The molecule has 0 bridgehead atoms. The van der Waals surface area contributed by atoms with Crippen LogP contribution >= 0.6 is 0 Å². The summed E-state index contributed by atoms with van der Waals surface area (Å²) in [5.74, 6) is 2.52. The van der Waals surface area contributed by atoms with E-state index in [0.29, 0.717) is 11.5 Å². The van der Waals surface area contributed by atoms with E-state index in [1.807, 2.05) is 18.2 Å². The van der Waals surface area contributed by atoms with Crippen LogP contribution in [-0.4, -0.2) is 34.5 Å². The predicted molar refractivity (Wildman–Crippen MR) is 91.2 cm³/mol. The molecule has 1 aliphatic carbocycles. The third-order valence-corrected chi connectivity index (χ3v) is 5.53. The maximum Gasteiger partial charge on any atom is 0.111 e. The van der Waals surface area contributed by atoms with E-state index < -0.39 is 0 Å². The maximum atomic E-state index is 9.01. The lowest BCUT2D eigenvalue weighted by molar-refractivity contribution is 0.232. The molecule has 1 saturated heterocycles.